The van der Waals surface area contributed by atoms with Crippen molar-refractivity contribution in [2.45, 2.75) is 6.92 Å². The quantitative estimate of drug-likeness (QED) is 0.749. The highest BCUT2D eigenvalue weighted by molar-refractivity contribution is 9.10. The first kappa shape index (κ1) is 12.9. The minimum atomic E-state index is -0.119. The first-order chi connectivity index (χ1) is 9.63. The molecule has 0 fully saturated rings. The third kappa shape index (κ3) is 2.44. The van der Waals surface area contributed by atoms with Crippen LogP contribution in [0.1, 0.15) is 15.9 Å². The molecule has 1 heterocycles. The fourth-order valence-corrected chi connectivity index (χ4v) is 2.42. The van der Waals surface area contributed by atoms with Crippen LogP contribution >= 0.6 is 15.9 Å². The summed E-state index contributed by atoms with van der Waals surface area (Å²) in [6.45, 7) is 1.92. The molecule has 0 atom stereocenters. The van der Waals surface area contributed by atoms with E-state index in [0.29, 0.717) is 5.56 Å². The lowest BCUT2D eigenvalue weighted by Gasteiger charge is -2.08. The number of anilines is 1. The van der Waals surface area contributed by atoms with Crippen LogP contribution < -0.4 is 5.32 Å². The van der Waals surface area contributed by atoms with Crippen LogP contribution in [0.15, 0.2) is 47.1 Å². The van der Waals surface area contributed by atoms with Crippen LogP contribution in [0.5, 0.6) is 0 Å². The molecule has 0 aliphatic carbocycles. The van der Waals surface area contributed by atoms with Crippen LogP contribution in [0.25, 0.3) is 10.9 Å². The van der Waals surface area contributed by atoms with Crippen LogP contribution in [0, 0.1) is 6.92 Å². The van der Waals surface area contributed by atoms with Gasteiger partial charge in [-0.15, -0.1) is 0 Å². The van der Waals surface area contributed by atoms with Gasteiger partial charge in [0.1, 0.15) is 0 Å². The van der Waals surface area contributed by atoms with Crippen LogP contribution in [0.2, 0.25) is 0 Å². The van der Waals surface area contributed by atoms with Crippen LogP contribution in [0.3, 0.4) is 0 Å². The van der Waals surface area contributed by atoms with E-state index >= 15 is 0 Å². The highest BCUT2D eigenvalue weighted by atomic mass is 79.9. The molecule has 5 heteroatoms. The number of fused-ring (bicyclic) bond motifs is 1. The maximum atomic E-state index is 12.3. The Bertz CT molecular complexity index is 795. The molecule has 0 radical (unpaired) electrons. The maximum absolute atomic E-state index is 12.3. The third-order valence-corrected chi connectivity index (χ3v) is 3.64. The smallest absolute Gasteiger partial charge is 0.255 e. The van der Waals surface area contributed by atoms with E-state index in [1.165, 1.54) is 0 Å². The predicted octanol–water partition coefficient (Wildman–Crippen LogP) is 3.89. The summed E-state index contributed by atoms with van der Waals surface area (Å²) < 4.78 is 0.888. The van der Waals surface area contributed by atoms with Gasteiger partial charge in [0, 0.05) is 21.1 Å². The molecular formula is C15H12BrN3O. The molecule has 0 saturated carbocycles. The monoisotopic (exact) mass is 329 g/mol. The number of carbonyl (C=O) groups is 1. The van der Waals surface area contributed by atoms with E-state index in [9.17, 15) is 4.79 Å². The van der Waals surface area contributed by atoms with E-state index in [4.69, 9.17) is 0 Å². The standard InChI is InChI=1S/C15H12BrN3O/c1-9-2-3-11(16)7-13(9)15(20)18-12-4-5-14-10(6-12)8-17-19-14/h2-8H,1H3,(H,17,19)(H,18,20). The van der Waals surface area contributed by atoms with E-state index in [1.54, 1.807) is 6.20 Å². The van der Waals surface area contributed by atoms with Gasteiger partial charge in [0.05, 0.1) is 11.7 Å². The Morgan fingerprint density at radius 3 is 2.95 bits per heavy atom. The van der Waals surface area contributed by atoms with Gasteiger partial charge in [0.25, 0.3) is 5.91 Å². The summed E-state index contributed by atoms with van der Waals surface area (Å²) in [5.74, 6) is -0.119. The summed E-state index contributed by atoms with van der Waals surface area (Å²) in [5, 5.41) is 10.7. The van der Waals surface area contributed by atoms with Gasteiger partial charge < -0.3 is 5.32 Å². The number of carbonyl (C=O) groups excluding carboxylic acids is 1. The number of rotatable bonds is 2. The number of aromatic amines is 1. The van der Waals surface area contributed by atoms with Gasteiger partial charge in [0.2, 0.25) is 0 Å². The largest absolute Gasteiger partial charge is 0.322 e. The molecular weight excluding hydrogens is 318 g/mol. The van der Waals surface area contributed by atoms with Gasteiger partial charge in [0.15, 0.2) is 0 Å². The number of benzene rings is 2. The summed E-state index contributed by atoms with van der Waals surface area (Å²) in [6, 6.07) is 11.3. The number of amides is 1. The van der Waals surface area contributed by atoms with Gasteiger partial charge >= 0.3 is 0 Å². The van der Waals surface area contributed by atoms with E-state index < -0.39 is 0 Å². The molecule has 0 saturated heterocycles. The number of halogens is 1. The number of aromatic nitrogens is 2. The molecule has 4 nitrogen and oxygen atoms in total. The molecule has 0 aliphatic rings. The Balaban J connectivity index is 1.89. The molecule has 0 unspecified atom stereocenters. The average Bonchev–Trinajstić information content (AvgIpc) is 2.89. The number of nitrogens with one attached hydrogen (secondary N) is 2. The number of H-pyrrole nitrogens is 1. The Kier molecular flexibility index (Phi) is 3.28. The fraction of sp³-hybridized carbons (Fsp3) is 0.0667. The first-order valence-corrected chi connectivity index (χ1v) is 6.93. The van der Waals surface area contributed by atoms with Gasteiger partial charge in [-0.05, 0) is 42.8 Å². The predicted molar refractivity (Wildman–Crippen MR) is 82.9 cm³/mol. The van der Waals surface area contributed by atoms with Crippen LogP contribution in [0.4, 0.5) is 5.69 Å². The van der Waals surface area contributed by atoms with Crippen molar-refractivity contribution in [2.75, 3.05) is 5.32 Å². The van der Waals surface area contributed by atoms with Crippen molar-refractivity contribution in [2.24, 2.45) is 0 Å². The molecule has 3 aromatic rings. The SMILES string of the molecule is Cc1ccc(Br)cc1C(=O)Nc1ccc2[nH]ncc2c1. The summed E-state index contributed by atoms with van der Waals surface area (Å²) in [7, 11) is 0. The van der Waals surface area contributed by atoms with E-state index in [0.717, 1.165) is 26.6 Å². The molecule has 20 heavy (non-hydrogen) atoms. The minimum absolute atomic E-state index is 0.119. The zero-order valence-corrected chi connectivity index (χ0v) is 12.4. The normalized spacial score (nSPS) is 10.7. The lowest BCUT2D eigenvalue weighted by Crippen LogP contribution is -2.13. The summed E-state index contributed by atoms with van der Waals surface area (Å²) in [4.78, 5) is 12.3. The second-order valence-electron chi connectivity index (χ2n) is 4.59. The molecule has 2 aromatic carbocycles. The van der Waals surface area contributed by atoms with Crippen molar-refractivity contribution < 1.29 is 4.79 Å². The van der Waals surface area contributed by atoms with Crippen molar-refractivity contribution in [3.05, 3.63) is 58.2 Å². The van der Waals surface area contributed by atoms with Gasteiger partial charge in [-0.25, -0.2) is 0 Å². The third-order valence-electron chi connectivity index (χ3n) is 3.14. The van der Waals surface area contributed by atoms with E-state index in [-0.39, 0.29) is 5.91 Å². The summed E-state index contributed by atoms with van der Waals surface area (Å²) >= 11 is 3.38. The molecule has 0 spiro atoms. The number of hydrogen-bond donors (Lipinski definition) is 2. The maximum Gasteiger partial charge on any atom is 0.255 e. The fourth-order valence-electron chi connectivity index (χ4n) is 2.06. The second kappa shape index (κ2) is 5.09. The van der Waals surface area contributed by atoms with E-state index in [2.05, 4.69) is 31.4 Å². The highest BCUT2D eigenvalue weighted by Crippen LogP contribution is 2.20. The lowest BCUT2D eigenvalue weighted by molar-refractivity contribution is 0.102. The molecule has 2 N–H and O–H groups in total. The van der Waals surface area contributed by atoms with Crippen molar-refractivity contribution in [1.29, 1.82) is 0 Å². The molecule has 1 amide bonds. The Hall–Kier alpha value is -2.14. The average molecular weight is 330 g/mol. The van der Waals surface area contributed by atoms with Crippen LogP contribution in [-0.4, -0.2) is 16.1 Å². The first-order valence-electron chi connectivity index (χ1n) is 6.14. The van der Waals surface area contributed by atoms with Crippen LogP contribution in [-0.2, 0) is 0 Å². The zero-order valence-electron chi connectivity index (χ0n) is 10.8. The van der Waals surface area contributed by atoms with E-state index in [1.807, 2.05) is 43.3 Å². The van der Waals surface area contributed by atoms with Crippen molar-refractivity contribution in [1.82, 2.24) is 10.2 Å². The van der Waals surface area contributed by atoms with Crippen molar-refractivity contribution in [3.8, 4) is 0 Å². The number of hydrogen-bond acceptors (Lipinski definition) is 2. The van der Waals surface area contributed by atoms with Crippen molar-refractivity contribution >= 4 is 38.4 Å². The molecule has 100 valence electrons. The summed E-state index contributed by atoms with van der Waals surface area (Å²) in [6.07, 6.45) is 1.73. The lowest BCUT2D eigenvalue weighted by atomic mass is 10.1. The topological polar surface area (TPSA) is 57.8 Å². The number of nitrogens with zero attached hydrogens (tertiary/aromatic N) is 1. The minimum Gasteiger partial charge on any atom is -0.322 e. The van der Waals surface area contributed by atoms with Gasteiger partial charge in [-0.2, -0.15) is 5.10 Å². The highest BCUT2D eigenvalue weighted by Gasteiger charge is 2.10. The van der Waals surface area contributed by atoms with Gasteiger partial charge in [-0.1, -0.05) is 22.0 Å². The van der Waals surface area contributed by atoms with Gasteiger partial charge in [-0.3, -0.25) is 9.89 Å². The molecule has 0 aliphatic heterocycles. The Labute approximate surface area is 124 Å². The Morgan fingerprint density at radius 1 is 1.25 bits per heavy atom. The Morgan fingerprint density at radius 2 is 2.10 bits per heavy atom. The molecule has 0 bridgehead atoms. The molecule has 1 aromatic heterocycles. The number of aryl methyl sites for hydroxylation is 1. The molecule has 3 rings (SSSR count). The van der Waals surface area contributed by atoms with Crippen molar-refractivity contribution in [3.63, 3.8) is 0 Å². The second-order valence-corrected chi connectivity index (χ2v) is 5.50. The zero-order chi connectivity index (χ0) is 14.1. The summed E-state index contributed by atoms with van der Waals surface area (Å²) in [5.41, 5.74) is 3.30.